The van der Waals surface area contributed by atoms with Crippen molar-refractivity contribution in [2.45, 2.75) is 45.4 Å². The van der Waals surface area contributed by atoms with Crippen LogP contribution in [-0.2, 0) is 11.4 Å². The summed E-state index contributed by atoms with van der Waals surface area (Å²) < 4.78 is 11.5. The highest BCUT2D eigenvalue weighted by Gasteiger charge is 2.13. The van der Waals surface area contributed by atoms with Crippen LogP contribution in [0.2, 0.25) is 5.02 Å². The third-order valence-corrected chi connectivity index (χ3v) is 5.44. The maximum absolute atomic E-state index is 12.2. The minimum atomic E-state index is -0.178. The Morgan fingerprint density at radius 2 is 2.00 bits per heavy atom. The van der Waals surface area contributed by atoms with E-state index in [1.165, 1.54) is 11.8 Å². The molecule has 1 amide bonds. The second kappa shape index (κ2) is 10.00. The van der Waals surface area contributed by atoms with Gasteiger partial charge in [0.25, 0.3) is 11.1 Å². The largest absolute Gasteiger partial charge is 0.484 e. The van der Waals surface area contributed by atoms with E-state index in [-0.39, 0.29) is 18.3 Å². The molecule has 2 aromatic carbocycles. The van der Waals surface area contributed by atoms with Gasteiger partial charge in [0.1, 0.15) is 5.75 Å². The summed E-state index contributed by atoms with van der Waals surface area (Å²) in [6, 6.07) is 11.5. The van der Waals surface area contributed by atoms with E-state index in [9.17, 15) is 4.79 Å². The van der Waals surface area contributed by atoms with E-state index < -0.39 is 0 Å². The maximum atomic E-state index is 12.2. The van der Waals surface area contributed by atoms with Crippen molar-refractivity contribution in [2.24, 2.45) is 0 Å². The smallest absolute Gasteiger partial charge is 0.277 e. The SMILES string of the molecule is Cc1ccc(C(C)C)c(OCc2nnc(SCC(=O)Nc3cc(Cl)ccc3C)o2)c1. The zero-order valence-electron chi connectivity index (χ0n) is 17.4. The fourth-order valence-corrected chi connectivity index (χ4v) is 3.53. The van der Waals surface area contributed by atoms with Gasteiger partial charge in [-0.2, -0.15) is 0 Å². The summed E-state index contributed by atoms with van der Waals surface area (Å²) in [5.74, 6) is 1.48. The molecule has 30 heavy (non-hydrogen) atoms. The second-order valence-corrected chi connectivity index (χ2v) is 8.61. The van der Waals surface area contributed by atoms with E-state index in [0.29, 0.717) is 27.7 Å². The lowest BCUT2D eigenvalue weighted by atomic mass is 10.0. The minimum absolute atomic E-state index is 0.143. The van der Waals surface area contributed by atoms with Crippen molar-refractivity contribution in [2.75, 3.05) is 11.1 Å². The van der Waals surface area contributed by atoms with E-state index >= 15 is 0 Å². The second-order valence-electron chi connectivity index (χ2n) is 7.24. The molecule has 0 aliphatic heterocycles. The van der Waals surface area contributed by atoms with Gasteiger partial charge < -0.3 is 14.5 Å². The lowest BCUT2D eigenvalue weighted by Gasteiger charge is -2.13. The van der Waals surface area contributed by atoms with Crippen molar-refractivity contribution in [1.82, 2.24) is 10.2 Å². The normalized spacial score (nSPS) is 11.0. The number of carbonyl (C=O) groups excluding carboxylic acids is 1. The van der Waals surface area contributed by atoms with Crippen LogP contribution in [0, 0.1) is 13.8 Å². The fraction of sp³-hybridized carbons (Fsp3) is 0.318. The van der Waals surface area contributed by atoms with Gasteiger partial charge in [-0.05, 0) is 54.7 Å². The summed E-state index contributed by atoms with van der Waals surface area (Å²) in [4.78, 5) is 12.2. The molecule has 158 valence electrons. The van der Waals surface area contributed by atoms with Crippen molar-refractivity contribution >= 4 is 35.0 Å². The Morgan fingerprint density at radius 1 is 1.20 bits per heavy atom. The first kappa shape index (κ1) is 22.2. The summed E-state index contributed by atoms with van der Waals surface area (Å²) in [7, 11) is 0. The number of benzene rings is 2. The van der Waals surface area contributed by atoms with Gasteiger partial charge in [0.05, 0.1) is 5.75 Å². The van der Waals surface area contributed by atoms with Crippen LogP contribution in [0.5, 0.6) is 5.75 Å². The summed E-state index contributed by atoms with van der Waals surface area (Å²) in [6.07, 6.45) is 0. The van der Waals surface area contributed by atoms with Gasteiger partial charge in [0, 0.05) is 10.7 Å². The summed E-state index contributed by atoms with van der Waals surface area (Å²) in [6.45, 7) is 8.34. The molecule has 0 saturated carbocycles. The lowest BCUT2D eigenvalue weighted by Crippen LogP contribution is -2.14. The molecule has 3 rings (SSSR count). The molecule has 0 atom stereocenters. The zero-order chi connectivity index (χ0) is 21.7. The van der Waals surface area contributed by atoms with Crippen LogP contribution in [0.15, 0.2) is 46.0 Å². The number of nitrogens with one attached hydrogen (secondary N) is 1. The first-order valence-electron chi connectivity index (χ1n) is 9.56. The van der Waals surface area contributed by atoms with Gasteiger partial charge in [-0.3, -0.25) is 4.79 Å². The molecule has 8 heteroatoms. The lowest BCUT2D eigenvalue weighted by molar-refractivity contribution is -0.113. The molecule has 0 spiro atoms. The molecule has 0 bridgehead atoms. The minimum Gasteiger partial charge on any atom is -0.484 e. The van der Waals surface area contributed by atoms with E-state index in [0.717, 1.165) is 22.4 Å². The Labute approximate surface area is 185 Å². The van der Waals surface area contributed by atoms with Gasteiger partial charge in [-0.25, -0.2) is 0 Å². The van der Waals surface area contributed by atoms with Crippen LogP contribution < -0.4 is 10.1 Å². The molecule has 0 unspecified atom stereocenters. The Balaban J connectivity index is 1.54. The molecular weight excluding hydrogens is 422 g/mol. The van der Waals surface area contributed by atoms with Gasteiger partial charge in [0.2, 0.25) is 5.91 Å². The molecule has 0 aliphatic carbocycles. The number of rotatable bonds is 8. The highest BCUT2D eigenvalue weighted by atomic mass is 35.5. The number of nitrogens with zero attached hydrogens (tertiary/aromatic N) is 2. The van der Waals surface area contributed by atoms with Crippen LogP contribution in [0.4, 0.5) is 5.69 Å². The number of ether oxygens (including phenoxy) is 1. The van der Waals surface area contributed by atoms with E-state index in [1.807, 2.05) is 26.0 Å². The number of aryl methyl sites for hydroxylation is 2. The molecule has 0 aliphatic rings. The molecule has 0 saturated heterocycles. The van der Waals surface area contributed by atoms with Crippen LogP contribution in [0.3, 0.4) is 0 Å². The Hall–Kier alpha value is -2.51. The van der Waals surface area contributed by atoms with Crippen molar-refractivity contribution in [3.8, 4) is 5.75 Å². The Kier molecular flexibility index (Phi) is 7.39. The number of carbonyl (C=O) groups is 1. The van der Waals surface area contributed by atoms with Crippen molar-refractivity contribution in [3.05, 3.63) is 64.0 Å². The third-order valence-electron chi connectivity index (χ3n) is 4.39. The molecule has 6 nitrogen and oxygen atoms in total. The topological polar surface area (TPSA) is 77.2 Å². The predicted octanol–water partition coefficient (Wildman–Crippen LogP) is 5.77. The maximum Gasteiger partial charge on any atom is 0.277 e. The third kappa shape index (κ3) is 6.00. The van der Waals surface area contributed by atoms with Crippen LogP contribution in [-0.4, -0.2) is 21.9 Å². The summed E-state index contributed by atoms with van der Waals surface area (Å²) in [5.41, 5.74) is 3.87. The highest BCUT2D eigenvalue weighted by Crippen LogP contribution is 2.28. The summed E-state index contributed by atoms with van der Waals surface area (Å²) in [5, 5.41) is 11.7. The van der Waals surface area contributed by atoms with E-state index in [4.69, 9.17) is 20.8 Å². The Morgan fingerprint density at radius 3 is 2.77 bits per heavy atom. The number of thioether (sulfide) groups is 1. The van der Waals surface area contributed by atoms with E-state index in [2.05, 4.69) is 41.5 Å². The first-order valence-corrected chi connectivity index (χ1v) is 10.9. The van der Waals surface area contributed by atoms with Crippen LogP contribution in [0.1, 0.15) is 42.3 Å². The van der Waals surface area contributed by atoms with Gasteiger partial charge >= 0.3 is 0 Å². The molecule has 0 fully saturated rings. The molecule has 1 aromatic heterocycles. The van der Waals surface area contributed by atoms with Crippen LogP contribution >= 0.6 is 23.4 Å². The zero-order valence-corrected chi connectivity index (χ0v) is 18.9. The molecule has 1 heterocycles. The molecular formula is C22H24ClN3O3S. The molecule has 3 aromatic rings. The fourth-order valence-electron chi connectivity index (χ4n) is 2.78. The number of amides is 1. The number of anilines is 1. The van der Waals surface area contributed by atoms with Gasteiger partial charge in [0.15, 0.2) is 6.61 Å². The predicted molar refractivity (Wildman–Crippen MR) is 119 cm³/mol. The number of halogens is 1. The Bertz CT molecular complexity index is 1040. The van der Waals surface area contributed by atoms with E-state index in [1.54, 1.807) is 12.1 Å². The summed E-state index contributed by atoms with van der Waals surface area (Å²) >= 11 is 7.15. The molecule has 1 N–H and O–H groups in total. The van der Waals surface area contributed by atoms with Gasteiger partial charge in [-0.15, -0.1) is 10.2 Å². The quantitative estimate of drug-likeness (QED) is 0.443. The van der Waals surface area contributed by atoms with Crippen molar-refractivity contribution in [3.63, 3.8) is 0 Å². The number of aromatic nitrogens is 2. The average molecular weight is 446 g/mol. The molecule has 0 radical (unpaired) electrons. The van der Waals surface area contributed by atoms with Gasteiger partial charge in [-0.1, -0.05) is 55.4 Å². The number of hydrogen-bond donors (Lipinski definition) is 1. The average Bonchev–Trinajstić information content (AvgIpc) is 3.15. The standard InChI is InChI=1S/C22H24ClN3O3S/c1-13(2)17-8-5-14(3)9-19(17)28-11-21-25-26-22(29-21)30-12-20(27)24-18-10-16(23)7-6-15(18)4/h5-10,13H,11-12H2,1-4H3,(H,24,27). The first-order chi connectivity index (χ1) is 14.3. The highest BCUT2D eigenvalue weighted by molar-refractivity contribution is 7.99. The monoisotopic (exact) mass is 445 g/mol. The number of hydrogen-bond acceptors (Lipinski definition) is 6. The van der Waals surface area contributed by atoms with Crippen molar-refractivity contribution < 1.29 is 13.9 Å². The van der Waals surface area contributed by atoms with Crippen molar-refractivity contribution in [1.29, 1.82) is 0 Å². The van der Waals surface area contributed by atoms with Crippen LogP contribution in [0.25, 0.3) is 0 Å².